The van der Waals surface area contributed by atoms with Crippen molar-refractivity contribution in [3.63, 3.8) is 0 Å². The molecule has 1 amide bonds. The SMILES string of the molecule is CCOc1cc(C(=O)N(C)C(C)CN)ccc1OCc1cccnc1.Cl.Cl. The smallest absolute Gasteiger partial charge is 0.254 e. The summed E-state index contributed by atoms with van der Waals surface area (Å²) in [6, 6.07) is 8.97. The van der Waals surface area contributed by atoms with Gasteiger partial charge in [-0.2, -0.15) is 0 Å². The number of halogens is 2. The first-order valence-electron chi connectivity index (χ1n) is 8.32. The molecule has 1 aromatic heterocycles. The van der Waals surface area contributed by atoms with Crippen molar-refractivity contribution in [2.45, 2.75) is 26.5 Å². The van der Waals surface area contributed by atoms with Crippen LogP contribution in [0, 0.1) is 0 Å². The number of hydrogen-bond acceptors (Lipinski definition) is 5. The lowest BCUT2D eigenvalue weighted by molar-refractivity contribution is 0.0748. The zero-order valence-corrected chi connectivity index (χ0v) is 17.4. The number of carbonyl (C=O) groups excluding carboxylic acids is 1. The number of ether oxygens (including phenoxy) is 2. The largest absolute Gasteiger partial charge is 0.490 e. The zero-order chi connectivity index (χ0) is 18.2. The maximum atomic E-state index is 12.6. The highest BCUT2D eigenvalue weighted by atomic mass is 35.5. The van der Waals surface area contributed by atoms with E-state index in [-0.39, 0.29) is 36.8 Å². The molecule has 1 atom stereocenters. The molecule has 0 spiro atoms. The molecule has 0 fully saturated rings. The van der Waals surface area contributed by atoms with Crippen molar-refractivity contribution >= 4 is 30.7 Å². The Morgan fingerprint density at radius 3 is 2.56 bits per heavy atom. The van der Waals surface area contributed by atoms with Gasteiger partial charge in [0.2, 0.25) is 0 Å². The van der Waals surface area contributed by atoms with E-state index in [0.717, 1.165) is 5.56 Å². The summed E-state index contributed by atoms with van der Waals surface area (Å²) in [4.78, 5) is 18.2. The Hall–Kier alpha value is -2.02. The van der Waals surface area contributed by atoms with Crippen LogP contribution in [0.15, 0.2) is 42.7 Å². The van der Waals surface area contributed by atoms with Gasteiger partial charge in [-0.25, -0.2) is 0 Å². The third kappa shape index (κ3) is 6.90. The predicted octanol–water partition coefficient (Wildman–Crippen LogP) is 3.32. The Kier molecular flexibility index (Phi) is 11.5. The first-order valence-corrected chi connectivity index (χ1v) is 8.32. The van der Waals surface area contributed by atoms with E-state index in [1.807, 2.05) is 26.0 Å². The van der Waals surface area contributed by atoms with Crippen LogP contribution in [0.25, 0.3) is 0 Å². The van der Waals surface area contributed by atoms with Crippen LogP contribution in [0.2, 0.25) is 0 Å². The van der Waals surface area contributed by atoms with Crippen LogP contribution in [0.5, 0.6) is 11.5 Å². The van der Waals surface area contributed by atoms with E-state index < -0.39 is 0 Å². The molecule has 0 saturated carbocycles. The number of nitrogens with zero attached hydrogens (tertiary/aromatic N) is 2. The maximum Gasteiger partial charge on any atom is 0.254 e. The minimum Gasteiger partial charge on any atom is -0.490 e. The lowest BCUT2D eigenvalue weighted by Crippen LogP contribution is -2.39. The fraction of sp³-hybridized carbons (Fsp3) is 0.368. The highest BCUT2D eigenvalue weighted by Gasteiger charge is 2.18. The Morgan fingerprint density at radius 1 is 1.22 bits per heavy atom. The first kappa shape index (κ1) is 25.0. The van der Waals surface area contributed by atoms with Crippen molar-refractivity contribution in [2.24, 2.45) is 5.73 Å². The molecule has 0 saturated heterocycles. The molecular weight excluding hydrogens is 389 g/mol. The number of rotatable bonds is 8. The lowest BCUT2D eigenvalue weighted by Gasteiger charge is -2.24. The molecule has 0 aliphatic carbocycles. The van der Waals surface area contributed by atoms with Crippen molar-refractivity contribution in [2.75, 3.05) is 20.2 Å². The van der Waals surface area contributed by atoms with Crippen molar-refractivity contribution in [1.29, 1.82) is 0 Å². The molecule has 1 heterocycles. The van der Waals surface area contributed by atoms with Crippen molar-refractivity contribution in [3.05, 3.63) is 53.9 Å². The molecule has 0 radical (unpaired) electrons. The van der Waals surface area contributed by atoms with Gasteiger partial charge in [-0.05, 0) is 38.1 Å². The van der Waals surface area contributed by atoms with Gasteiger partial charge in [0, 0.05) is 43.2 Å². The number of nitrogens with two attached hydrogens (primary N) is 1. The van der Waals surface area contributed by atoms with Crippen LogP contribution in [0.4, 0.5) is 0 Å². The highest BCUT2D eigenvalue weighted by molar-refractivity contribution is 5.95. The summed E-state index contributed by atoms with van der Waals surface area (Å²) in [6.07, 6.45) is 3.47. The van der Waals surface area contributed by atoms with Crippen LogP contribution >= 0.6 is 24.8 Å². The van der Waals surface area contributed by atoms with E-state index >= 15 is 0 Å². The lowest BCUT2D eigenvalue weighted by atomic mass is 10.1. The molecule has 6 nitrogen and oxygen atoms in total. The molecule has 2 N–H and O–H groups in total. The van der Waals surface area contributed by atoms with E-state index in [2.05, 4.69) is 4.98 Å². The second-order valence-corrected chi connectivity index (χ2v) is 5.75. The number of benzene rings is 1. The van der Waals surface area contributed by atoms with E-state index in [1.54, 1.807) is 42.5 Å². The van der Waals surface area contributed by atoms with Crippen LogP contribution in [0.1, 0.15) is 29.8 Å². The van der Waals surface area contributed by atoms with Gasteiger partial charge in [0.05, 0.1) is 6.61 Å². The Bertz CT molecular complexity index is 702. The molecule has 0 aliphatic rings. The van der Waals surface area contributed by atoms with Gasteiger partial charge in [0.1, 0.15) is 6.61 Å². The van der Waals surface area contributed by atoms with E-state index in [9.17, 15) is 4.79 Å². The van der Waals surface area contributed by atoms with Crippen molar-refractivity contribution in [1.82, 2.24) is 9.88 Å². The third-order valence-corrected chi connectivity index (χ3v) is 3.93. The average Bonchev–Trinajstić information content (AvgIpc) is 2.66. The number of likely N-dealkylation sites (N-methyl/N-ethyl adjacent to an activating group) is 1. The molecule has 1 unspecified atom stereocenters. The first-order chi connectivity index (χ1) is 12.1. The second-order valence-electron chi connectivity index (χ2n) is 5.75. The van der Waals surface area contributed by atoms with E-state index in [4.69, 9.17) is 15.2 Å². The number of hydrogen-bond donors (Lipinski definition) is 1. The van der Waals surface area contributed by atoms with E-state index in [1.165, 1.54) is 0 Å². The molecule has 2 aromatic rings. The minimum atomic E-state index is -0.0993. The number of carbonyl (C=O) groups is 1. The van der Waals surface area contributed by atoms with Crippen LogP contribution in [-0.4, -0.2) is 42.0 Å². The van der Waals surface area contributed by atoms with Crippen molar-refractivity contribution < 1.29 is 14.3 Å². The van der Waals surface area contributed by atoms with Crippen LogP contribution in [0.3, 0.4) is 0 Å². The summed E-state index contributed by atoms with van der Waals surface area (Å²) in [6.45, 7) is 5.07. The summed E-state index contributed by atoms with van der Waals surface area (Å²) in [5.41, 5.74) is 7.14. The highest BCUT2D eigenvalue weighted by Crippen LogP contribution is 2.29. The monoisotopic (exact) mass is 415 g/mol. The topological polar surface area (TPSA) is 77.7 Å². The molecule has 0 bridgehead atoms. The molecule has 150 valence electrons. The molecular formula is C19H27Cl2N3O3. The van der Waals surface area contributed by atoms with E-state index in [0.29, 0.717) is 36.8 Å². The second kappa shape index (κ2) is 12.4. The third-order valence-electron chi connectivity index (χ3n) is 3.93. The Labute approximate surface area is 172 Å². The summed E-state index contributed by atoms with van der Waals surface area (Å²) < 4.78 is 11.5. The van der Waals surface area contributed by atoms with Gasteiger partial charge in [0.15, 0.2) is 11.5 Å². The van der Waals surface area contributed by atoms with Crippen LogP contribution in [-0.2, 0) is 6.61 Å². The molecule has 0 aliphatic heterocycles. The Morgan fingerprint density at radius 2 is 1.96 bits per heavy atom. The van der Waals surface area contributed by atoms with Crippen LogP contribution < -0.4 is 15.2 Å². The Balaban J connectivity index is 0.00000338. The number of aromatic nitrogens is 1. The summed E-state index contributed by atoms with van der Waals surface area (Å²) >= 11 is 0. The number of amides is 1. The summed E-state index contributed by atoms with van der Waals surface area (Å²) in [7, 11) is 1.74. The fourth-order valence-corrected chi connectivity index (χ4v) is 2.24. The van der Waals surface area contributed by atoms with Gasteiger partial charge >= 0.3 is 0 Å². The summed E-state index contributed by atoms with van der Waals surface area (Å²) in [5, 5.41) is 0. The zero-order valence-electron chi connectivity index (χ0n) is 15.8. The van der Waals surface area contributed by atoms with Gasteiger partial charge in [-0.3, -0.25) is 9.78 Å². The average molecular weight is 416 g/mol. The summed E-state index contributed by atoms with van der Waals surface area (Å²) in [5.74, 6) is 1.04. The normalized spacial score (nSPS) is 10.8. The quantitative estimate of drug-likeness (QED) is 0.715. The number of pyridine rings is 1. The molecule has 1 aromatic carbocycles. The maximum absolute atomic E-state index is 12.6. The molecule has 27 heavy (non-hydrogen) atoms. The standard InChI is InChI=1S/C19H25N3O3.2ClH/c1-4-24-18-10-16(19(23)22(3)14(2)11-20)7-8-17(18)25-13-15-6-5-9-21-12-15;;/h5-10,12,14H,4,11,13,20H2,1-3H3;2*1H. The molecule has 8 heteroatoms. The van der Waals surface area contributed by atoms with Gasteiger partial charge < -0.3 is 20.1 Å². The van der Waals surface area contributed by atoms with Crippen molar-refractivity contribution in [3.8, 4) is 11.5 Å². The van der Waals surface area contributed by atoms with Gasteiger partial charge in [-0.15, -0.1) is 24.8 Å². The minimum absolute atomic E-state index is 0. The van der Waals surface area contributed by atoms with Gasteiger partial charge in [-0.1, -0.05) is 6.07 Å². The molecule has 2 rings (SSSR count). The predicted molar refractivity (Wildman–Crippen MR) is 111 cm³/mol. The van der Waals surface area contributed by atoms with Gasteiger partial charge in [0.25, 0.3) is 5.91 Å². The fourth-order valence-electron chi connectivity index (χ4n) is 2.24.